The highest BCUT2D eigenvalue weighted by Gasteiger charge is 2.07. The smallest absolute Gasteiger partial charge is 0.337 e. The molecular weight excluding hydrogens is 310 g/mol. The van der Waals surface area contributed by atoms with Crippen molar-refractivity contribution < 1.29 is 23.8 Å². The van der Waals surface area contributed by atoms with Crippen LogP contribution in [0.4, 0.5) is 5.69 Å². The SMILES string of the molecule is COC(=O)c1ccc(N=Cc2ccc(OC)c(OC(C)=O)c2)cc1. The van der Waals surface area contributed by atoms with E-state index in [2.05, 4.69) is 9.73 Å². The van der Waals surface area contributed by atoms with Crippen molar-refractivity contribution in [2.75, 3.05) is 14.2 Å². The first-order valence-electron chi connectivity index (χ1n) is 7.12. The van der Waals surface area contributed by atoms with E-state index in [1.165, 1.54) is 21.1 Å². The maximum absolute atomic E-state index is 11.4. The molecule has 0 fully saturated rings. The molecule has 0 spiro atoms. The summed E-state index contributed by atoms with van der Waals surface area (Å²) < 4.78 is 14.9. The Labute approximate surface area is 139 Å². The summed E-state index contributed by atoms with van der Waals surface area (Å²) in [5.41, 5.74) is 1.87. The van der Waals surface area contributed by atoms with Crippen molar-refractivity contribution in [3.05, 3.63) is 53.6 Å². The number of ether oxygens (including phenoxy) is 3. The molecule has 2 aromatic carbocycles. The maximum atomic E-state index is 11.4. The van der Waals surface area contributed by atoms with E-state index in [1.807, 2.05) is 0 Å². The van der Waals surface area contributed by atoms with Crippen LogP contribution in [0.15, 0.2) is 47.5 Å². The number of esters is 2. The van der Waals surface area contributed by atoms with Crippen LogP contribution in [0.25, 0.3) is 0 Å². The third-order valence-electron chi connectivity index (χ3n) is 3.09. The molecule has 0 aliphatic rings. The first-order chi connectivity index (χ1) is 11.5. The second kappa shape index (κ2) is 7.92. The van der Waals surface area contributed by atoms with Gasteiger partial charge in [-0.25, -0.2) is 4.79 Å². The Bertz CT molecular complexity index is 765. The molecule has 0 aliphatic carbocycles. The number of carbonyl (C=O) groups excluding carboxylic acids is 2. The van der Waals surface area contributed by atoms with Crippen LogP contribution < -0.4 is 9.47 Å². The lowest BCUT2D eigenvalue weighted by molar-refractivity contribution is -0.132. The van der Waals surface area contributed by atoms with Crippen LogP contribution >= 0.6 is 0 Å². The normalized spacial score (nSPS) is 10.5. The number of rotatable bonds is 5. The monoisotopic (exact) mass is 327 g/mol. The highest BCUT2D eigenvalue weighted by atomic mass is 16.6. The van der Waals surface area contributed by atoms with Gasteiger partial charge < -0.3 is 14.2 Å². The fourth-order valence-corrected chi connectivity index (χ4v) is 1.96. The Balaban J connectivity index is 2.19. The fourth-order valence-electron chi connectivity index (χ4n) is 1.96. The first-order valence-corrected chi connectivity index (χ1v) is 7.12. The number of hydrogen-bond donors (Lipinski definition) is 0. The number of nitrogens with zero attached hydrogens (tertiary/aromatic N) is 1. The zero-order valence-electron chi connectivity index (χ0n) is 13.6. The van der Waals surface area contributed by atoms with Gasteiger partial charge in [0, 0.05) is 13.1 Å². The number of carbonyl (C=O) groups is 2. The maximum Gasteiger partial charge on any atom is 0.337 e. The van der Waals surface area contributed by atoms with Gasteiger partial charge in [-0.15, -0.1) is 0 Å². The van der Waals surface area contributed by atoms with Crippen molar-refractivity contribution in [3.63, 3.8) is 0 Å². The van der Waals surface area contributed by atoms with E-state index in [1.54, 1.807) is 48.7 Å². The van der Waals surface area contributed by atoms with Crippen LogP contribution in [0.5, 0.6) is 11.5 Å². The van der Waals surface area contributed by atoms with Gasteiger partial charge in [-0.2, -0.15) is 0 Å². The van der Waals surface area contributed by atoms with E-state index in [0.29, 0.717) is 22.7 Å². The standard InChI is InChI=1S/C18H17NO5/c1-12(20)24-17-10-13(4-9-16(17)22-2)11-19-15-7-5-14(6-8-15)18(21)23-3/h4-11H,1-3H3. The molecule has 6 nitrogen and oxygen atoms in total. The lowest BCUT2D eigenvalue weighted by Gasteiger charge is -2.08. The van der Waals surface area contributed by atoms with Gasteiger partial charge in [0.05, 0.1) is 25.5 Å². The summed E-state index contributed by atoms with van der Waals surface area (Å²) in [6.45, 7) is 1.32. The predicted octanol–water partition coefficient (Wildman–Crippen LogP) is 3.16. The minimum absolute atomic E-state index is 0.329. The average Bonchev–Trinajstić information content (AvgIpc) is 2.59. The number of methoxy groups -OCH3 is 2. The van der Waals surface area contributed by atoms with Crippen LogP contribution in [0.1, 0.15) is 22.8 Å². The van der Waals surface area contributed by atoms with E-state index < -0.39 is 11.9 Å². The molecule has 2 rings (SSSR count). The highest BCUT2D eigenvalue weighted by Crippen LogP contribution is 2.28. The Morgan fingerprint density at radius 3 is 2.29 bits per heavy atom. The summed E-state index contributed by atoms with van der Waals surface area (Å²) in [6.07, 6.45) is 1.62. The largest absolute Gasteiger partial charge is 0.493 e. The summed E-state index contributed by atoms with van der Waals surface area (Å²) in [5.74, 6) is -0.0349. The van der Waals surface area contributed by atoms with E-state index in [0.717, 1.165) is 5.56 Å². The zero-order chi connectivity index (χ0) is 17.5. The van der Waals surface area contributed by atoms with Crippen LogP contribution in [0, 0.1) is 0 Å². The van der Waals surface area contributed by atoms with Crippen molar-refractivity contribution in [2.45, 2.75) is 6.92 Å². The molecule has 2 aromatic rings. The van der Waals surface area contributed by atoms with E-state index in [9.17, 15) is 9.59 Å². The van der Waals surface area contributed by atoms with E-state index >= 15 is 0 Å². The average molecular weight is 327 g/mol. The van der Waals surface area contributed by atoms with E-state index in [-0.39, 0.29) is 0 Å². The predicted molar refractivity (Wildman–Crippen MR) is 89.3 cm³/mol. The van der Waals surface area contributed by atoms with Crippen molar-refractivity contribution in [2.24, 2.45) is 4.99 Å². The van der Waals surface area contributed by atoms with Gasteiger partial charge in [-0.1, -0.05) is 0 Å². The van der Waals surface area contributed by atoms with E-state index in [4.69, 9.17) is 9.47 Å². The second-order valence-electron chi connectivity index (χ2n) is 4.80. The molecule has 0 amide bonds. The van der Waals surface area contributed by atoms with Crippen molar-refractivity contribution in [1.82, 2.24) is 0 Å². The van der Waals surface area contributed by atoms with Gasteiger partial charge in [0.1, 0.15) is 0 Å². The number of hydrogen-bond acceptors (Lipinski definition) is 6. The number of benzene rings is 2. The molecule has 124 valence electrons. The Kier molecular flexibility index (Phi) is 5.68. The van der Waals surface area contributed by atoms with Crippen LogP contribution in [-0.4, -0.2) is 32.4 Å². The highest BCUT2D eigenvalue weighted by molar-refractivity contribution is 5.90. The van der Waals surface area contributed by atoms with Gasteiger partial charge in [-0.3, -0.25) is 9.79 Å². The third-order valence-corrected chi connectivity index (χ3v) is 3.09. The summed E-state index contributed by atoms with van der Waals surface area (Å²) in [6, 6.07) is 11.8. The van der Waals surface area contributed by atoms with Gasteiger partial charge in [0.2, 0.25) is 0 Å². The van der Waals surface area contributed by atoms with Crippen LogP contribution in [0.3, 0.4) is 0 Å². The molecule has 0 bridgehead atoms. The Morgan fingerprint density at radius 2 is 1.71 bits per heavy atom. The quantitative estimate of drug-likeness (QED) is 0.479. The summed E-state index contributed by atoms with van der Waals surface area (Å²) in [4.78, 5) is 26.8. The topological polar surface area (TPSA) is 74.2 Å². The summed E-state index contributed by atoms with van der Waals surface area (Å²) in [5, 5.41) is 0. The summed E-state index contributed by atoms with van der Waals surface area (Å²) >= 11 is 0. The number of aliphatic imine (C=N–C) groups is 1. The molecule has 0 radical (unpaired) electrons. The molecule has 0 aromatic heterocycles. The minimum Gasteiger partial charge on any atom is -0.493 e. The molecule has 6 heteroatoms. The minimum atomic E-state index is -0.430. The zero-order valence-corrected chi connectivity index (χ0v) is 13.6. The Morgan fingerprint density at radius 1 is 1.00 bits per heavy atom. The Hall–Kier alpha value is -3.15. The van der Waals surface area contributed by atoms with Gasteiger partial charge in [0.15, 0.2) is 11.5 Å². The van der Waals surface area contributed by atoms with Crippen LogP contribution in [0.2, 0.25) is 0 Å². The molecule has 0 aliphatic heterocycles. The lowest BCUT2D eigenvalue weighted by Crippen LogP contribution is -2.03. The lowest BCUT2D eigenvalue weighted by atomic mass is 10.2. The molecule has 0 unspecified atom stereocenters. The molecule has 24 heavy (non-hydrogen) atoms. The molecule has 0 saturated heterocycles. The molecule has 0 heterocycles. The van der Waals surface area contributed by atoms with Gasteiger partial charge >= 0.3 is 11.9 Å². The first kappa shape index (κ1) is 17.2. The molecule has 0 saturated carbocycles. The van der Waals surface area contributed by atoms with Gasteiger partial charge in [-0.05, 0) is 48.0 Å². The van der Waals surface area contributed by atoms with Crippen molar-refractivity contribution >= 4 is 23.8 Å². The molecule has 0 N–H and O–H groups in total. The molecular formula is C18H17NO5. The second-order valence-corrected chi connectivity index (χ2v) is 4.80. The van der Waals surface area contributed by atoms with Crippen molar-refractivity contribution in [1.29, 1.82) is 0 Å². The molecule has 0 atom stereocenters. The fraction of sp³-hybridized carbons (Fsp3) is 0.167. The van der Waals surface area contributed by atoms with Crippen LogP contribution in [-0.2, 0) is 9.53 Å². The third kappa shape index (κ3) is 4.42. The summed E-state index contributed by atoms with van der Waals surface area (Å²) in [7, 11) is 2.83. The van der Waals surface area contributed by atoms with Gasteiger partial charge in [0.25, 0.3) is 0 Å². The van der Waals surface area contributed by atoms with Crippen molar-refractivity contribution in [3.8, 4) is 11.5 Å².